The average Bonchev–Trinajstić information content (AvgIpc) is 2.72. The zero-order valence-corrected chi connectivity index (χ0v) is 18.5. The summed E-state index contributed by atoms with van der Waals surface area (Å²) in [5, 5.41) is 5.55. The number of ether oxygens (including phenoxy) is 1. The van der Waals surface area contributed by atoms with Gasteiger partial charge in [-0.15, -0.1) is 0 Å². The zero-order valence-electron chi connectivity index (χ0n) is 17.7. The smallest absolute Gasteiger partial charge is 0.246 e. The normalized spacial score (nSPS) is 20.4. The molecule has 0 aliphatic carbocycles. The number of anilines is 1. The molecule has 0 spiro atoms. The maximum absolute atomic E-state index is 13.1. The first-order valence-corrected chi connectivity index (χ1v) is 11.6. The molecule has 0 atom stereocenters. The van der Waals surface area contributed by atoms with Crippen LogP contribution in [0.5, 0.6) is 5.75 Å². The first-order chi connectivity index (χ1) is 14.2. The van der Waals surface area contributed by atoms with E-state index in [9.17, 15) is 18.0 Å². The maximum atomic E-state index is 13.1. The number of carbonyl (C=O) groups excluding carboxylic acids is 2. The van der Waals surface area contributed by atoms with E-state index in [4.69, 9.17) is 4.74 Å². The number of methoxy groups -OCH3 is 1. The van der Waals surface area contributed by atoms with Crippen LogP contribution in [0.1, 0.15) is 33.1 Å². The summed E-state index contributed by atoms with van der Waals surface area (Å²) >= 11 is 0. The summed E-state index contributed by atoms with van der Waals surface area (Å²) in [5.74, 6) is -0.197. The number of amides is 2. The van der Waals surface area contributed by atoms with Crippen LogP contribution in [0.25, 0.3) is 0 Å². The highest BCUT2D eigenvalue weighted by molar-refractivity contribution is 7.89. The van der Waals surface area contributed by atoms with Crippen LogP contribution in [-0.2, 0) is 19.6 Å². The first kappa shape index (κ1) is 22.5. The number of nitrogens with one attached hydrogen (secondary N) is 2. The lowest BCUT2D eigenvalue weighted by Gasteiger charge is -2.40. The quantitative estimate of drug-likeness (QED) is 0.687. The van der Waals surface area contributed by atoms with Gasteiger partial charge in [-0.3, -0.25) is 14.5 Å². The molecular weight excluding hydrogens is 408 g/mol. The first-order valence-electron chi connectivity index (χ1n) is 10.2. The van der Waals surface area contributed by atoms with Crippen molar-refractivity contribution in [3.63, 3.8) is 0 Å². The van der Waals surface area contributed by atoms with Crippen LogP contribution in [0.15, 0.2) is 23.1 Å². The van der Waals surface area contributed by atoms with E-state index in [1.54, 1.807) is 30.9 Å². The van der Waals surface area contributed by atoms with Crippen molar-refractivity contribution in [3.05, 3.63) is 18.2 Å². The van der Waals surface area contributed by atoms with E-state index in [-0.39, 0.29) is 29.0 Å². The number of sulfonamides is 1. The van der Waals surface area contributed by atoms with Crippen LogP contribution >= 0.6 is 0 Å². The fourth-order valence-corrected chi connectivity index (χ4v) is 5.49. The van der Waals surface area contributed by atoms with Crippen LogP contribution in [-0.4, -0.2) is 74.8 Å². The van der Waals surface area contributed by atoms with E-state index < -0.39 is 15.6 Å². The molecule has 9 nitrogen and oxygen atoms in total. The Hall–Kier alpha value is -2.17. The molecule has 10 heteroatoms. The van der Waals surface area contributed by atoms with E-state index >= 15 is 0 Å². The Morgan fingerprint density at radius 3 is 2.57 bits per heavy atom. The molecule has 166 valence electrons. The van der Waals surface area contributed by atoms with E-state index in [1.165, 1.54) is 17.5 Å². The van der Waals surface area contributed by atoms with Crippen molar-refractivity contribution in [1.82, 2.24) is 14.5 Å². The van der Waals surface area contributed by atoms with Crippen molar-refractivity contribution in [2.75, 3.05) is 45.2 Å². The van der Waals surface area contributed by atoms with Crippen molar-refractivity contribution in [2.24, 2.45) is 0 Å². The third-order valence-electron chi connectivity index (χ3n) is 5.73. The van der Waals surface area contributed by atoms with E-state index in [0.717, 1.165) is 19.3 Å². The van der Waals surface area contributed by atoms with Crippen molar-refractivity contribution < 1.29 is 22.7 Å². The molecule has 2 aliphatic rings. The van der Waals surface area contributed by atoms with Crippen LogP contribution in [0, 0.1) is 0 Å². The number of piperidine rings is 1. The number of benzene rings is 1. The number of hydrogen-bond acceptors (Lipinski definition) is 6. The van der Waals surface area contributed by atoms with Crippen molar-refractivity contribution in [1.29, 1.82) is 0 Å². The predicted molar refractivity (Wildman–Crippen MR) is 113 cm³/mol. The number of carbonyl (C=O) groups is 2. The minimum atomic E-state index is -3.72. The molecule has 3 rings (SSSR count). The Labute approximate surface area is 177 Å². The Morgan fingerprint density at radius 1 is 1.20 bits per heavy atom. The molecule has 2 saturated heterocycles. The van der Waals surface area contributed by atoms with Gasteiger partial charge in [-0.25, -0.2) is 8.42 Å². The molecule has 0 aromatic heterocycles. The lowest BCUT2D eigenvalue weighted by molar-refractivity contribution is -0.136. The van der Waals surface area contributed by atoms with Crippen LogP contribution in [0.4, 0.5) is 5.69 Å². The van der Waals surface area contributed by atoms with Gasteiger partial charge in [-0.2, -0.15) is 4.31 Å². The fourth-order valence-electron chi connectivity index (χ4n) is 3.79. The Kier molecular flexibility index (Phi) is 6.68. The molecule has 1 aromatic carbocycles. The second-order valence-electron chi connectivity index (χ2n) is 8.12. The molecule has 2 aliphatic heterocycles. The molecule has 2 N–H and O–H groups in total. The third-order valence-corrected chi connectivity index (χ3v) is 7.65. The standard InChI is InChI=1S/C20H30N4O5S/c1-20(2)19(26)21-9-12-23(20)14-18(25)22-15-7-8-16(29-3)17(13-15)30(27,28)24-10-5-4-6-11-24/h7-8,13H,4-6,9-12,14H2,1-3H3,(H,21,26)(H,22,25). The van der Waals surface area contributed by atoms with Gasteiger partial charge in [0.1, 0.15) is 10.6 Å². The molecule has 2 amide bonds. The summed E-state index contributed by atoms with van der Waals surface area (Å²) in [7, 11) is -2.30. The van der Waals surface area contributed by atoms with Gasteiger partial charge in [0.2, 0.25) is 21.8 Å². The van der Waals surface area contributed by atoms with Crippen molar-refractivity contribution in [3.8, 4) is 5.75 Å². The maximum Gasteiger partial charge on any atom is 0.246 e. The largest absolute Gasteiger partial charge is 0.495 e. The number of nitrogens with zero attached hydrogens (tertiary/aromatic N) is 2. The molecule has 0 radical (unpaired) electrons. The number of rotatable bonds is 6. The molecule has 0 bridgehead atoms. The zero-order chi connectivity index (χ0) is 21.9. The second kappa shape index (κ2) is 8.91. The molecule has 30 heavy (non-hydrogen) atoms. The third kappa shape index (κ3) is 4.60. The second-order valence-corrected chi connectivity index (χ2v) is 10.0. The van der Waals surface area contributed by atoms with Gasteiger partial charge in [0.15, 0.2) is 0 Å². The van der Waals surface area contributed by atoms with Crippen LogP contribution in [0.2, 0.25) is 0 Å². The SMILES string of the molecule is COc1ccc(NC(=O)CN2CCNC(=O)C2(C)C)cc1S(=O)(=O)N1CCCCC1. The van der Waals surface area contributed by atoms with Crippen molar-refractivity contribution in [2.45, 2.75) is 43.5 Å². The van der Waals surface area contributed by atoms with Gasteiger partial charge >= 0.3 is 0 Å². The molecule has 0 saturated carbocycles. The predicted octanol–water partition coefficient (Wildman–Crippen LogP) is 1.02. The summed E-state index contributed by atoms with van der Waals surface area (Å²) < 4.78 is 33.0. The lowest BCUT2D eigenvalue weighted by atomic mass is 9.99. The van der Waals surface area contributed by atoms with Gasteiger partial charge in [0.05, 0.1) is 19.2 Å². The summed E-state index contributed by atoms with van der Waals surface area (Å²) in [6.45, 7) is 5.57. The van der Waals surface area contributed by atoms with Crippen molar-refractivity contribution >= 4 is 27.5 Å². The molecule has 0 unspecified atom stereocenters. The monoisotopic (exact) mass is 438 g/mol. The van der Waals surface area contributed by atoms with E-state index in [0.29, 0.717) is 31.9 Å². The summed E-state index contributed by atoms with van der Waals surface area (Å²) in [5.41, 5.74) is -0.422. The fraction of sp³-hybridized carbons (Fsp3) is 0.600. The van der Waals surface area contributed by atoms with Crippen LogP contribution in [0.3, 0.4) is 0 Å². The Bertz CT molecular complexity index is 910. The Morgan fingerprint density at radius 2 is 1.90 bits per heavy atom. The van der Waals surface area contributed by atoms with Crippen LogP contribution < -0.4 is 15.4 Å². The van der Waals surface area contributed by atoms with Gasteiger partial charge in [-0.05, 0) is 44.9 Å². The minimum absolute atomic E-state index is 0.0284. The van der Waals surface area contributed by atoms with Gasteiger partial charge in [0, 0.05) is 31.9 Å². The highest BCUT2D eigenvalue weighted by atomic mass is 32.2. The molecule has 2 heterocycles. The minimum Gasteiger partial charge on any atom is -0.495 e. The van der Waals surface area contributed by atoms with E-state index in [1.807, 2.05) is 0 Å². The average molecular weight is 439 g/mol. The summed E-state index contributed by atoms with van der Waals surface area (Å²) in [6.07, 6.45) is 2.68. The highest BCUT2D eigenvalue weighted by Crippen LogP contribution is 2.31. The van der Waals surface area contributed by atoms with Gasteiger partial charge in [0.25, 0.3) is 0 Å². The summed E-state index contributed by atoms with van der Waals surface area (Å²) in [4.78, 5) is 26.5. The van der Waals surface area contributed by atoms with Gasteiger partial charge in [-0.1, -0.05) is 6.42 Å². The molecule has 2 fully saturated rings. The van der Waals surface area contributed by atoms with E-state index in [2.05, 4.69) is 10.6 Å². The lowest BCUT2D eigenvalue weighted by Crippen LogP contribution is -2.62. The molecule has 1 aromatic rings. The number of piperazine rings is 1. The summed E-state index contributed by atoms with van der Waals surface area (Å²) in [6, 6.07) is 4.60. The highest BCUT2D eigenvalue weighted by Gasteiger charge is 2.38. The molecular formula is C20H30N4O5S. The number of hydrogen-bond donors (Lipinski definition) is 2. The topological polar surface area (TPSA) is 108 Å². The van der Waals surface area contributed by atoms with Gasteiger partial charge < -0.3 is 15.4 Å². The Balaban J connectivity index is 1.78.